The molecule has 7 nitrogen and oxygen atoms in total. The summed E-state index contributed by atoms with van der Waals surface area (Å²) in [5.74, 6) is -0.590. The molecule has 0 aromatic heterocycles. The molecule has 1 aliphatic heterocycles. The Labute approximate surface area is 94.3 Å². The lowest BCUT2D eigenvalue weighted by Crippen LogP contribution is -2.42. The second kappa shape index (κ2) is 5.08. The van der Waals surface area contributed by atoms with Crippen LogP contribution in [0.3, 0.4) is 0 Å². The van der Waals surface area contributed by atoms with Crippen LogP contribution < -0.4 is 5.43 Å². The van der Waals surface area contributed by atoms with Crippen LogP contribution in [-0.4, -0.2) is 41.1 Å². The van der Waals surface area contributed by atoms with Crippen LogP contribution in [-0.2, 0) is 9.53 Å². The van der Waals surface area contributed by atoms with Gasteiger partial charge in [-0.25, -0.2) is 4.79 Å². The summed E-state index contributed by atoms with van der Waals surface area (Å²) in [6.45, 7) is 0.436. The van der Waals surface area contributed by atoms with Gasteiger partial charge in [0.2, 0.25) is 0 Å². The molecule has 15 heavy (non-hydrogen) atoms. The van der Waals surface area contributed by atoms with Crippen molar-refractivity contribution in [3.8, 4) is 0 Å². The molecule has 1 unspecified atom stereocenters. The van der Waals surface area contributed by atoms with Crippen molar-refractivity contribution in [2.75, 3.05) is 19.0 Å². The van der Waals surface area contributed by atoms with E-state index in [9.17, 15) is 14.9 Å². The maximum Gasteiger partial charge on any atom is 0.355 e. The van der Waals surface area contributed by atoms with Crippen LogP contribution in [0, 0.1) is 10.1 Å². The number of nitrogens with one attached hydrogen (secondary N) is 1. The number of hydrogen-bond acceptors (Lipinski definition) is 6. The fourth-order valence-corrected chi connectivity index (χ4v) is 1.52. The number of carbonyl (C=O) groups is 1. The predicted octanol–water partition coefficient (Wildman–Crippen LogP) is -0.139. The molecule has 0 amide bonds. The SMILES string of the molecule is COC(=O)C1=CC([N+](=O)[O-])NN1CCBr. The maximum atomic E-state index is 11.3. The Bertz CT molecular complexity index is 307. The van der Waals surface area contributed by atoms with Crippen molar-refractivity contribution in [1.29, 1.82) is 0 Å². The minimum absolute atomic E-state index is 0.165. The Morgan fingerprint density at radius 1 is 1.87 bits per heavy atom. The first-order chi connectivity index (χ1) is 7.10. The molecule has 1 N–H and O–H groups in total. The number of rotatable bonds is 4. The number of hydrogen-bond donors (Lipinski definition) is 1. The summed E-state index contributed by atoms with van der Waals surface area (Å²) < 4.78 is 4.51. The zero-order chi connectivity index (χ0) is 11.4. The van der Waals surface area contributed by atoms with Gasteiger partial charge in [-0.2, -0.15) is 5.43 Å². The van der Waals surface area contributed by atoms with E-state index in [1.54, 1.807) is 0 Å². The highest BCUT2D eigenvalue weighted by Crippen LogP contribution is 2.13. The lowest BCUT2D eigenvalue weighted by Gasteiger charge is -2.18. The predicted molar refractivity (Wildman–Crippen MR) is 54.5 cm³/mol. The van der Waals surface area contributed by atoms with Crippen molar-refractivity contribution >= 4 is 21.9 Å². The third-order valence-corrected chi connectivity index (χ3v) is 2.18. The normalized spacial score (nSPS) is 20.0. The average molecular weight is 280 g/mol. The number of halogens is 1. The van der Waals surface area contributed by atoms with Gasteiger partial charge in [0.05, 0.1) is 7.11 Å². The molecule has 0 aliphatic carbocycles. The number of nitro groups is 1. The molecular formula is C7H10BrN3O4. The molecule has 0 aromatic carbocycles. The van der Waals surface area contributed by atoms with E-state index < -0.39 is 17.1 Å². The van der Waals surface area contributed by atoms with Crippen LogP contribution in [0.25, 0.3) is 0 Å². The number of methoxy groups -OCH3 is 1. The van der Waals surface area contributed by atoms with Gasteiger partial charge in [-0.15, -0.1) is 0 Å². The van der Waals surface area contributed by atoms with E-state index in [2.05, 4.69) is 26.1 Å². The first-order valence-electron chi connectivity index (χ1n) is 4.13. The van der Waals surface area contributed by atoms with Gasteiger partial charge in [-0.3, -0.25) is 15.1 Å². The molecule has 0 bridgehead atoms. The second-order valence-electron chi connectivity index (χ2n) is 2.74. The number of esters is 1. The van der Waals surface area contributed by atoms with Crippen LogP contribution in [0.1, 0.15) is 0 Å². The largest absolute Gasteiger partial charge is 0.464 e. The van der Waals surface area contributed by atoms with E-state index >= 15 is 0 Å². The van der Waals surface area contributed by atoms with Crippen molar-refractivity contribution in [3.05, 3.63) is 21.9 Å². The number of nitrogens with zero attached hydrogens (tertiary/aromatic N) is 2. The fraction of sp³-hybridized carbons (Fsp3) is 0.571. The fourth-order valence-electron chi connectivity index (χ4n) is 1.17. The summed E-state index contributed by atoms with van der Waals surface area (Å²) in [6, 6.07) is 0. The van der Waals surface area contributed by atoms with E-state index in [0.29, 0.717) is 11.9 Å². The smallest absolute Gasteiger partial charge is 0.355 e. The second-order valence-corrected chi connectivity index (χ2v) is 3.54. The van der Waals surface area contributed by atoms with Gasteiger partial charge in [0.25, 0.3) is 0 Å². The first-order valence-corrected chi connectivity index (χ1v) is 5.25. The molecule has 0 radical (unpaired) electrons. The Balaban J connectivity index is 2.80. The highest BCUT2D eigenvalue weighted by Gasteiger charge is 2.33. The zero-order valence-electron chi connectivity index (χ0n) is 7.97. The van der Waals surface area contributed by atoms with Crippen LogP contribution in [0.2, 0.25) is 0 Å². The number of ether oxygens (including phenoxy) is 1. The Hall–Kier alpha value is -1.15. The van der Waals surface area contributed by atoms with Crippen LogP contribution >= 0.6 is 15.9 Å². The van der Waals surface area contributed by atoms with Gasteiger partial charge in [-0.05, 0) is 0 Å². The Kier molecular flexibility index (Phi) is 4.04. The van der Waals surface area contributed by atoms with Crippen LogP contribution in [0.5, 0.6) is 0 Å². The number of carbonyl (C=O) groups excluding carboxylic acids is 1. The summed E-state index contributed by atoms with van der Waals surface area (Å²) >= 11 is 3.18. The Morgan fingerprint density at radius 3 is 3.00 bits per heavy atom. The van der Waals surface area contributed by atoms with E-state index in [1.165, 1.54) is 18.2 Å². The summed E-state index contributed by atoms with van der Waals surface area (Å²) in [5, 5.41) is 12.5. The average Bonchev–Trinajstić information content (AvgIpc) is 2.61. The van der Waals surface area contributed by atoms with E-state index in [-0.39, 0.29) is 5.70 Å². The van der Waals surface area contributed by atoms with Gasteiger partial charge in [0.1, 0.15) is 5.70 Å². The molecule has 0 saturated carbocycles. The van der Waals surface area contributed by atoms with Crippen molar-refractivity contribution < 1.29 is 14.5 Å². The number of hydrazine groups is 1. The molecular weight excluding hydrogens is 270 g/mol. The van der Waals surface area contributed by atoms with Gasteiger partial charge in [0.15, 0.2) is 0 Å². The topological polar surface area (TPSA) is 84.7 Å². The first kappa shape index (κ1) is 11.9. The molecule has 1 heterocycles. The third kappa shape index (κ3) is 2.66. The minimum Gasteiger partial charge on any atom is -0.464 e. The van der Waals surface area contributed by atoms with E-state index in [4.69, 9.17) is 0 Å². The quantitative estimate of drug-likeness (QED) is 0.334. The van der Waals surface area contributed by atoms with Crippen molar-refractivity contribution in [1.82, 2.24) is 10.4 Å². The molecule has 84 valence electrons. The molecule has 0 fully saturated rings. The van der Waals surface area contributed by atoms with Gasteiger partial charge in [-0.1, -0.05) is 15.9 Å². The summed E-state index contributed by atoms with van der Waals surface area (Å²) in [7, 11) is 1.23. The molecule has 0 saturated heterocycles. The molecule has 0 spiro atoms. The van der Waals surface area contributed by atoms with Gasteiger partial charge in [0, 0.05) is 22.9 Å². The maximum absolute atomic E-state index is 11.3. The van der Waals surface area contributed by atoms with E-state index in [1.807, 2.05) is 0 Å². The molecule has 1 aliphatic rings. The highest BCUT2D eigenvalue weighted by atomic mass is 79.9. The Morgan fingerprint density at radius 2 is 2.53 bits per heavy atom. The van der Waals surface area contributed by atoms with Crippen molar-refractivity contribution in [2.24, 2.45) is 0 Å². The van der Waals surface area contributed by atoms with E-state index in [0.717, 1.165) is 0 Å². The zero-order valence-corrected chi connectivity index (χ0v) is 9.56. The summed E-state index contributed by atoms with van der Waals surface area (Å²) in [5.41, 5.74) is 2.73. The molecule has 1 atom stereocenters. The standard InChI is InChI=1S/C7H10BrN3O4/c1-15-7(12)5-4-6(11(13)14)9-10(5)3-2-8/h4,6,9H,2-3H2,1H3. The minimum atomic E-state index is -1.07. The molecule has 8 heteroatoms. The van der Waals surface area contributed by atoms with Crippen LogP contribution in [0.4, 0.5) is 0 Å². The van der Waals surface area contributed by atoms with Gasteiger partial charge >= 0.3 is 12.1 Å². The summed E-state index contributed by atoms with van der Waals surface area (Å²) in [6.07, 6.45) is 0.159. The van der Waals surface area contributed by atoms with Crippen molar-refractivity contribution in [2.45, 2.75) is 6.17 Å². The van der Waals surface area contributed by atoms with Crippen LogP contribution in [0.15, 0.2) is 11.8 Å². The lowest BCUT2D eigenvalue weighted by atomic mass is 10.4. The number of alkyl halides is 1. The highest BCUT2D eigenvalue weighted by molar-refractivity contribution is 9.09. The molecule has 1 rings (SSSR count). The summed E-state index contributed by atoms with van der Waals surface area (Å²) in [4.78, 5) is 21.3. The lowest BCUT2D eigenvalue weighted by molar-refractivity contribution is -0.518. The van der Waals surface area contributed by atoms with Crippen molar-refractivity contribution in [3.63, 3.8) is 0 Å². The molecule has 0 aromatic rings. The monoisotopic (exact) mass is 279 g/mol. The van der Waals surface area contributed by atoms with Gasteiger partial charge < -0.3 is 4.74 Å². The third-order valence-electron chi connectivity index (χ3n) is 1.82.